The van der Waals surface area contributed by atoms with Crippen molar-refractivity contribution in [3.63, 3.8) is 0 Å². The normalized spacial score (nSPS) is 18.6. The summed E-state index contributed by atoms with van der Waals surface area (Å²) in [5, 5.41) is 13.2. The summed E-state index contributed by atoms with van der Waals surface area (Å²) >= 11 is 0. The number of aliphatic hydroxyl groups is 1. The first-order valence-electron chi connectivity index (χ1n) is 6.25. The number of ether oxygens (including phenoxy) is 1. The monoisotopic (exact) mass is 266 g/mol. The third-order valence-electron chi connectivity index (χ3n) is 3.34. The van der Waals surface area contributed by atoms with Crippen LogP contribution in [0.4, 0.5) is 10.4 Å². The molecule has 6 heteroatoms. The van der Waals surface area contributed by atoms with Crippen molar-refractivity contribution in [2.75, 3.05) is 25.1 Å². The third kappa shape index (κ3) is 2.69. The Hall–Kier alpha value is -1.66. The average molecular weight is 266 g/mol. The number of fused-ring (bicyclic) bond motifs is 1. The summed E-state index contributed by atoms with van der Waals surface area (Å²) in [6.45, 7) is 1.44. The van der Waals surface area contributed by atoms with Gasteiger partial charge in [0.15, 0.2) is 5.58 Å². The number of anilines is 1. The Morgan fingerprint density at radius 2 is 2.16 bits per heavy atom. The van der Waals surface area contributed by atoms with Crippen molar-refractivity contribution in [1.29, 1.82) is 0 Å². The van der Waals surface area contributed by atoms with E-state index in [1.165, 1.54) is 18.2 Å². The molecule has 1 aromatic carbocycles. The summed E-state index contributed by atoms with van der Waals surface area (Å²) in [6.07, 6.45) is 1.16. The summed E-state index contributed by atoms with van der Waals surface area (Å²) in [6, 6.07) is 4.46. The summed E-state index contributed by atoms with van der Waals surface area (Å²) in [5.74, 6) is -0.351. The van der Waals surface area contributed by atoms with E-state index in [0.29, 0.717) is 49.7 Å². The highest BCUT2D eigenvalue weighted by Crippen LogP contribution is 2.23. The van der Waals surface area contributed by atoms with Crippen LogP contribution < -0.4 is 5.32 Å². The minimum atomic E-state index is -0.801. The maximum absolute atomic E-state index is 13.0. The van der Waals surface area contributed by atoms with E-state index >= 15 is 0 Å². The lowest BCUT2D eigenvalue weighted by Crippen LogP contribution is -2.42. The predicted molar refractivity (Wildman–Crippen MR) is 67.5 cm³/mol. The molecule has 0 unspecified atom stereocenters. The number of aromatic nitrogens is 1. The van der Waals surface area contributed by atoms with Crippen LogP contribution in [0.2, 0.25) is 0 Å². The number of hydrogen-bond donors (Lipinski definition) is 2. The SMILES string of the molecule is OC1(CNc2nc3cc(F)ccc3o2)CCOCC1. The zero-order chi connectivity index (χ0) is 13.3. The second kappa shape index (κ2) is 4.79. The van der Waals surface area contributed by atoms with Gasteiger partial charge in [-0.1, -0.05) is 0 Å². The van der Waals surface area contributed by atoms with Crippen LogP contribution in [0.5, 0.6) is 0 Å². The smallest absolute Gasteiger partial charge is 0.295 e. The van der Waals surface area contributed by atoms with Crippen molar-refractivity contribution in [1.82, 2.24) is 4.98 Å². The fourth-order valence-corrected chi connectivity index (χ4v) is 2.14. The summed E-state index contributed by atoms with van der Waals surface area (Å²) < 4.78 is 23.7. The number of rotatable bonds is 3. The van der Waals surface area contributed by atoms with Crippen molar-refractivity contribution in [2.45, 2.75) is 18.4 Å². The number of nitrogens with one attached hydrogen (secondary N) is 1. The Labute approximate surface area is 109 Å². The van der Waals surface area contributed by atoms with Crippen molar-refractivity contribution < 1.29 is 18.7 Å². The molecule has 2 aromatic rings. The second-order valence-electron chi connectivity index (χ2n) is 4.82. The van der Waals surface area contributed by atoms with Crippen molar-refractivity contribution in [3.05, 3.63) is 24.0 Å². The number of benzene rings is 1. The van der Waals surface area contributed by atoms with Crippen LogP contribution in [0.3, 0.4) is 0 Å². The highest BCUT2D eigenvalue weighted by molar-refractivity contribution is 5.74. The molecule has 5 nitrogen and oxygen atoms in total. The zero-order valence-electron chi connectivity index (χ0n) is 10.4. The lowest BCUT2D eigenvalue weighted by atomic mass is 9.94. The summed E-state index contributed by atoms with van der Waals surface area (Å²) in [5.41, 5.74) is 0.175. The Bertz CT molecular complexity index is 578. The van der Waals surface area contributed by atoms with Crippen molar-refractivity contribution in [2.24, 2.45) is 0 Å². The Kier molecular flexibility index (Phi) is 3.12. The first-order chi connectivity index (χ1) is 9.15. The largest absolute Gasteiger partial charge is 0.424 e. The lowest BCUT2D eigenvalue weighted by molar-refractivity contribution is -0.0545. The van der Waals surface area contributed by atoms with Crippen LogP contribution in [0, 0.1) is 5.82 Å². The first kappa shape index (κ1) is 12.4. The number of nitrogens with zero attached hydrogens (tertiary/aromatic N) is 1. The van der Waals surface area contributed by atoms with Gasteiger partial charge in [0.1, 0.15) is 11.3 Å². The highest BCUT2D eigenvalue weighted by atomic mass is 19.1. The van der Waals surface area contributed by atoms with E-state index in [0.717, 1.165) is 0 Å². The van der Waals surface area contributed by atoms with E-state index in [9.17, 15) is 9.50 Å². The molecule has 0 radical (unpaired) electrons. The molecule has 102 valence electrons. The quantitative estimate of drug-likeness (QED) is 0.888. The zero-order valence-corrected chi connectivity index (χ0v) is 10.4. The van der Waals surface area contributed by atoms with Gasteiger partial charge in [0.25, 0.3) is 6.01 Å². The van der Waals surface area contributed by atoms with E-state index < -0.39 is 5.60 Å². The Morgan fingerprint density at radius 1 is 1.37 bits per heavy atom. The molecule has 1 aliphatic heterocycles. The molecule has 0 aliphatic carbocycles. The average Bonchev–Trinajstić information content (AvgIpc) is 2.79. The van der Waals surface area contributed by atoms with Crippen LogP contribution in [0.15, 0.2) is 22.6 Å². The third-order valence-corrected chi connectivity index (χ3v) is 3.34. The number of oxazole rings is 1. The molecular weight excluding hydrogens is 251 g/mol. The molecule has 1 aliphatic rings. The van der Waals surface area contributed by atoms with Gasteiger partial charge in [0, 0.05) is 38.7 Å². The highest BCUT2D eigenvalue weighted by Gasteiger charge is 2.29. The topological polar surface area (TPSA) is 67.5 Å². The van der Waals surface area contributed by atoms with Gasteiger partial charge in [-0.2, -0.15) is 4.98 Å². The Balaban J connectivity index is 1.71. The van der Waals surface area contributed by atoms with Gasteiger partial charge in [-0.15, -0.1) is 0 Å². The predicted octanol–water partition coefficient (Wildman–Crippen LogP) is 1.92. The first-order valence-corrected chi connectivity index (χ1v) is 6.25. The number of halogens is 1. The van der Waals surface area contributed by atoms with Gasteiger partial charge in [-0.25, -0.2) is 4.39 Å². The molecular formula is C13H15FN2O3. The van der Waals surface area contributed by atoms with Crippen molar-refractivity contribution >= 4 is 17.1 Å². The van der Waals surface area contributed by atoms with Crippen LogP contribution >= 0.6 is 0 Å². The van der Waals surface area contributed by atoms with Crippen LogP contribution in [-0.2, 0) is 4.74 Å². The molecule has 2 heterocycles. The molecule has 2 N–H and O–H groups in total. The Morgan fingerprint density at radius 3 is 2.95 bits per heavy atom. The van der Waals surface area contributed by atoms with E-state index in [4.69, 9.17) is 9.15 Å². The fourth-order valence-electron chi connectivity index (χ4n) is 2.14. The molecule has 1 fully saturated rings. The van der Waals surface area contributed by atoms with Gasteiger partial charge < -0.3 is 19.6 Å². The van der Waals surface area contributed by atoms with Crippen molar-refractivity contribution in [3.8, 4) is 0 Å². The molecule has 0 bridgehead atoms. The molecule has 19 heavy (non-hydrogen) atoms. The van der Waals surface area contributed by atoms with Crippen LogP contribution in [0.25, 0.3) is 11.1 Å². The molecule has 3 rings (SSSR count). The van der Waals surface area contributed by atoms with Gasteiger partial charge >= 0.3 is 0 Å². The van der Waals surface area contributed by atoms with Gasteiger partial charge in [-0.3, -0.25) is 0 Å². The molecule has 0 amide bonds. The van der Waals surface area contributed by atoms with E-state index in [-0.39, 0.29) is 5.82 Å². The summed E-state index contributed by atoms with van der Waals surface area (Å²) in [4.78, 5) is 4.13. The molecule has 0 saturated carbocycles. The van der Waals surface area contributed by atoms with E-state index in [2.05, 4.69) is 10.3 Å². The van der Waals surface area contributed by atoms with Gasteiger partial charge in [0.2, 0.25) is 0 Å². The fraction of sp³-hybridized carbons (Fsp3) is 0.462. The van der Waals surface area contributed by atoms with E-state index in [1.807, 2.05) is 0 Å². The minimum Gasteiger partial charge on any atom is -0.424 e. The molecule has 1 saturated heterocycles. The maximum Gasteiger partial charge on any atom is 0.295 e. The van der Waals surface area contributed by atoms with Crippen LogP contribution in [0.1, 0.15) is 12.8 Å². The summed E-state index contributed by atoms with van der Waals surface area (Å²) in [7, 11) is 0. The van der Waals surface area contributed by atoms with Gasteiger partial charge in [-0.05, 0) is 12.1 Å². The van der Waals surface area contributed by atoms with Crippen LogP contribution in [-0.4, -0.2) is 35.5 Å². The lowest BCUT2D eigenvalue weighted by Gasteiger charge is -2.31. The standard InChI is InChI=1S/C13H15FN2O3/c14-9-1-2-11-10(7-9)16-12(19-11)15-8-13(17)3-5-18-6-4-13/h1-2,7,17H,3-6,8H2,(H,15,16). The number of hydrogen-bond acceptors (Lipinski definition) is 5. The minimum absolute atomic E-state index is 0.292. The molecule has 1 aromatic heterocycles. The van der Waals surface area contributed by atoms with Gasteiger partial charge in [0.05, 0.1) is 5.60 Å². The molecule has 0 spiro atoms. The maximum atomic E-state index is 13.0. The molecule has 0 atom stereocenters. The van der Waals surface area contributed by atoms with E-state index in [1.54, 1.807) is 0 Å². The second-order valence-corrected chi connectivity index (χ2v) is 4.82.